The maximum Gasteiger partial charge on any atom is 0.314 e. The number of ether oxygens (including phenoxy) is 3. The third-order valence-electron chi connectivity index (χ3n) is 2.52. The smallest absolute Gasteiger partial charge is 0.314 e. The van der Waals surface area contributed by atoms with Crippen molar-refractivity contribution in [2.24, 2.45) is 5.73 Å². The van der Waals surface area contributed by atoms with Crippen molar-refractivity contribution in [3.8, 4) is 11.5 Å². The molecule has 0 spiro atoms. The van der Waals surface area contributed by atoms with E-state index in [1.165, 1.54) is 7.11 Å². The summed E-state index contributed by atoms with van der Waals surface area (Å²) in [5.74, 6) is 0.519. The Bertz CT molecular complexity index is 405. The minimum Gasteiger partial charge on any atom is -0.469 e. The molecule has 1 unspecified atom stereocenters. The molecule has 16 heavy (non-hydrogen) atoms. The molecule has 0 fully saturated rings. The number of carbonyl (C=O) groups excluding carboxylic acids is 1. The molecule has 1 heterocycles. The lowest BCUT2D eigenvalue weighted by Gasteiger charge is -2.12. The van der Waals surface area contributed by atoms with Gasteiger partial charge in [-0.05, 0) is 17.7 Å². The molecule has 0 bridgehead atoms. The summed E-state index contributed by atoms with van der Waals surface area (Å²) in [6.07, 6.45) is 0. The van der Waals surface area contributed by atoms with Crippen LogP contribution in [0, 0.1) is 0 Å². The third kappa shape index (κ3) is 1.81. The molecular weight excluding hydrogens is 210 g/mol. The Morgan fingerprint density at radius 3 is 2.94 bits per heavy atom. The highest BCUT2D eigenvalue weighted by Crippen LogP contribution is 2.34. The van der Waals surface area contributed by atoms with E-state index in [0.717, 1.165) is 5.56 Å². The van der Waals surface area contributed by atoms with Gasteiger partial charge in [0.05, 0.1) is 13.0 Å². The second kappa shape index (κ2) is 4.40. The van der Waals surface area contributed by atoms with Crippen LogP contribution in [0.25, 0.3) is 0 Å². The Labute approximate surface area is 93.1 Å². The molecule has 0 amide bonds. The van der Waals surface area contributed by atoms with Crippen LogP contribution in [0.15, 0.2) is 18.2 Å². The Morgan fingerprint density at radius 1 is 1.50 bits per heavy atom. The van der Waals surface area contributed by atoms with Gasteiger partial charge in [-0.3, -0.25) is 4.79 Å². The van der Waals surface area contributed by atoms with Gasteiger partial charge < -0.3 is 19.9 Å². The molecule has 1 atom stereocenters. The molecule has 0 saturated heterocycles. The van der Waals surface area contributed by atoms with Crippen molar-refractivity contribution >= 4 is 5.97 Å². The number of methoxy groups -OCH3 is 1. The van der Waals surface area contributed by atoms with Crippen LogP contribution in [0.3, 0.4) is 0 Å². The normalized spacial score (nSPS) is 14.6. The average molecular weight is 223 g/mol. The quantitative estimate of drug-likeness (QED) is 0.761. The number of hydrogen-bond acceptors (Lipinski definition) is 5. The minimum absolute atomic E-state index is 0.201. The van der Waals surface area contributed by atoms with Gasteiger partial charge in [-0.2, -0.15) is 0 Å². The van der Waals surface area contributed by atoms with Crippen LogP contribution in [0.5, 0.6) is 11.5 Å². The Balaban J connectivity index is 2.29. The number of benzene rings is 1. The lowest BCUT2D eigenvalue weighted by Crippen LogP contribution is -2.22. The van der Waals surface area contributed by atoms with Crippen LogP contribution >= 0.6 is 0 Å². The molecule has 0 radical (unpaired) electrons. The Hall–Kier alpha value is -1.75. The summed E-state index contributed by atoms with van der Waals surface area (Å²) in [6.45, 7) is 0.413. The molecule has 86 valence electrons. The van der Waals surface area contributed by atoms with Gasteiger partial charge in [-0.15, -0.1) is 0 Å². The van der Waals surface area contributed by atoms with Crippen LogP contribution in [0.4, 0.5) is 0 Å². The molecule has 2 rings (SSSR count). The van der Waals surface area contributed by atoms with Gasteiger partial charge >= 0.3 is 5.97 Å². The van der Waals surface area contributed by atoms with Crippen molar-refractivity contribution in [1.82, 2.24) is 0 Å². The molecule has 0 saturated carbocycles. The van der Waals surface area contributed by atoms with E-state index >= 15 is 0 Å². The van der Waals surface area contributed by atoms with Crippen molar-refractivity contribution in [3.05, 3.63) is 23.8 Å². The fourth-order valence-electron chi connectivity index (χ4n) is 1.64. The van der Waals surface area contributed by atoms with E-state index in [9.17, 15) is 4.79 Å². The van der Waals surface area contributed by atoms with Gasteiger partial charge in [0.15, 0.2) is 11.5 Å². The number of carbonyl (C=O) groups is 1. The lowest BCUT2D eigenvalue weighted by molar-refractivity contribution is -0.142. The van der Waals surface area contributed by atoms with E-state index < -0.39 is 5.92 Å². The van der Waals surface area contributed by atoms with Gasteiger partial charge in [-0.25, -0.2) is 0 Å². The first kappa shape index (κ1) is 10.8. The molecule has 5 nitrogen and oxygen atoms in total. The number of fused-ring (bicyclic) bond motifs is 1. The standard InChI is InChI=1S/C11H13NO4/c1-14-11(13)8(5-12)7-2-3-9-10(4-7)16-6-15-9/h2-4,8H,5-6,12H2,1H3. The first-order chi connectivity index (χ1) is 7.76. The van der Waals surface area contributed by atoms with Crippen LogP contribution < -0.4 is 15.2 Å². The van der Waals surface area contributed by atoms with Crippen molar-refractivity contribution in [1.29, 1.82) is 0 Å². The van der Waals surface area contributed by atoms with Gasteiger partial charge in [0.1, 0.15) is 0 Å². The van der Waals surface area contributed by atoms with Gasteiger partial charge in [0.25, 0.3) is 0 Å². The van der Waals surface area contributed by atoms with Crippen LogP contribution in [0.1, 0.15) is 11.5 Å². The average Bonchev–Trinajstić information content (AvgIpc) is 2.77. The fraction of sp³-hybridized carbons (Fsp3) is 0.364. The summed E-state index contributed by atoms with van der Waals surface area (Å²) < 4.78 is 15.1. The number of rotatable bonds is 3. The largest absolute Gasteiger partial charge is 0.469 e. The number of hydrogen-bond donors (Lipinski definition) is 1. The molecule has 1 aromatic rings. The zero-order valence-corrected chi connectivity index (χ0v) is 8.93. The Morgan fingerprint density at radius 2 is 2.25 bits per heavy atom. The van der Waals surface area contributed by atoms with Crippen molar-refractivity contribution < 1.29 is 19.0 Å². The molecule has 0 aromatic heterocycles. The Kier molecular flexibility index (Phi) is 2.96. The predicted octanol–water partition coefficient (Wildman–Crippen LogP) is 0.631. The molecule has 5 heteroatoms. The number of nitrogens with two attached hydrogens (primary N) is 1. The zero-order chi connectivity index (χ0) is 11.5. The first-order valence-corrected chi connectivity index (χ1v) is 4.93. The second-order valence-electron chi connectivity index (χ2n) is 3.42. The highest BCUT2D eigenvalue weighted by Gasteiger charge is 2.22. The van der Waals surface area contributed by atoms with Crippen molar-refractivity contribution in [3.63, 3.8) is 0 Å². The van der Waals surface area contributed by atoms with Gasteiger partial charge in [0.2, 0.25) is 6.79 Å². The van der Waals surface area contributed by atoms with Crippen LogP contribution in [-0.4, -0.2) is 26.4 Å². The molecule has 1 aliphatic rings. The summed E-state index contributed by atoms with van der Waals surface area (Å²) >= 11 is 0. The second-order valence-corrected chi connectivity index (χ2v) is 3.42. The summed E-state index contributed by atoms with van der Waals surface area (Å²) in [7, 11) is 1.35. The molecule has 1 aliphatic heterocycles. The monoisotopic (exact) mass is 223 g/mol. The van der Waals surface area contributed by atoms with E-state index in [2.05, 4.69) is 4.74 Å². The zero-order valence-electron chi connectivity index (χ0n) is 8.93. The highest BCUT2D eigenvalue weighted by molar-refractivity contribution is 5.78. The van der Waals surface area contributed by atoms with E-state index in [0.29, 0.717) is 11.5 Å². The van der Waals surface area contributed by atoms with E-state index in [1.54, 1.807) is 18.2 Å². The summed E-state index contributed by atoms with van der Waals surface area (Å²) in [5, 5.41) is 0. The molecule has 1 aromatic carbocycles. The van der Waals surface area contributed by atoms with Gasteiger partial charge in [0, 0.05) is 6.54 Å². The fourth-order valence-corrected chi connectivity index (χ4v) is 1.64. The van der Waals surface area contributed by atoms with Gasteiger partial charge in [-0.1, -0.05) is 6.07 Å². The summed E-state index contributed by atoms with van der Waals surface area (Å²) in [4.78, 5) is 11.5. The molecule has 2 N–H and O–H groups in total. The van der Waals surface area contributed by atoms with E-state index in [4.69, 9.17) is 15.2 Å². The maximum absolute atomic E-state index is 11.5. The van der Waals surface area contributed by atoms with Crippen molar-refractivity contribution in [2.45, 2.75) is 5.92 Å². The number of esters is 1. The topological polar surface area (TPSA) is 70.8 Å². The summed E-state index contributed by atoms with van der Waals surface area (Å²) in [5.41, 5.74) is 6.33. The van der Waals surface area contributed by atoms with Crippen LogP contribution in [0.2, 0.25) is 0 Å². The highest BCUT2D eigenvalue weighted by atomic mass is 16.7. The van der Waals surface area contributed by atoms with E-state index in [-0.39, 0.29) is 19.3 Å². The molecule has 0 aliphatic carbocycles. The lowest BCUT2D eigenvalue weighted by atomic mass is 9.99. The minimum atomic E-state index is -0.459. The summed E-state index contributed by atoms with van der Waals surface area (Å²) in [6, 6.07) is 5.32. The predicted molar refractivity (Wildman–Crippen MR) is 56.4 cm³/mol. The SMILES string of the molecule is COC(=O)C(CN)c1ccc2c(c1)OCO2. The van der Waals surface area contributed by atoms with E-state index in [1.807, 2.05) is 0 Å². The third-order valence-corrected chi connectivity index (χ3v) is 2.52. The first-order valence-electron chi connectivity index (χ1n) is 4.93. The molecular formula is C11H13NO4. The van der Waals surface area contributed by atoms with Crippen LogP contribution in [-0.2, 0) is 9.53 Å². The maximum atomic E-state index is 11.5. The van der Waals surface area contributed by atoms with Crippen molar-refractivity contribution in [2.75, 3.05) is 20.4 Å².